The Bertz CT molecular complexity index is 1330. The number of halogens is 3. The average molecular weight is 672 g/mol. The zero-order valence-corrected chi connectivity index (χ0v) is 27.1. The van der Waals surface area contributed by atoms with Crippen LogP contribution >= 0.6 is 0 Å². The van der Waals surface area contributed by atoms with Crippen molar-refractivity contribution < 1.29 is 52.1 Å². The molecule has 1 aromatic rings. The number of nitrogens with zero attached hydrogens (tertiary/aromatic N) is 2. The van der Waals surface area contributed by atoms with Gasteiger partial charge in [-0.1, -0.05) is 12.1 Å². The zero-order chi connectivity index (χ0) is 35.5. The number of nitrogens with two attached hydrogens (primary N) is 1. The number of alkyl halides is 3. The molecule has 3 unspecified atom stereocenters. The second kappa shape index (κ2) is 14.5. The van der Waals surface area contributed by atoms with E-state index in [0.717, 1.165) is 12.1 Å². The van der Waals surface area contributed by atoms with Gasteiger partial charge in [-0.25, -0.2) is 4.79 Å². The van der Waals surface area contributed by atoms with Gasteiger partial charge in [0.15, 0.2) is 0 Å². The topological polar surface area (TPSA) is 192 Å². The number of alkyl carbamates (subject to hydrolysis) is 1. The normalized spacial score (nSPS) is 22.6. The summed E-state index contributed by atoms with van der Waals surface area (Å²) in [4.78, 5) is 69.0. The van der Waals surface area contributed by atoms with Gasteiger partial charge in [0.1, 0.15) is 29.3 Å². The predicted molar refractivity (Wildman–Crippen MR) is 161 cm³/mol. The van der Waals surface area contributed by atoms with Gasteiger partial charge >= 0.3 is 12.3 Å². The van der Waals surface area contributed by atoms with E-state index in [1.54, 1.807) is 20.8 Å². The molecule has 5 amide bonds. The van der Waals surface area contributed by atoms with Crippen LogP contribution in [0.1, 0.15) is 71.4 Å². The molecule has 2 saturated heterocycles. The maximum absolute atomic E-state index is 14.3. The van der Waals surface area contributed by atoms with Crippen LogP contribution in [0.15, 0.2) is 24.3 Å². The first-order valence-corrected chi connectivity index (χ1v) is 15.4. The Kier molecular flexibility index (Phi) is 11.5. The second-order valence-electron chi connectivity index (χ2n) is 13.1. The van der Waals surface area contributed by atoms with E-state index in [2.05, 4.69) is 10.6 Å². The molecule has 1 aromatic carbocycles. The number of carbonyl (C=O) groups excluding carboxylic acids is 5. The lowest BCUT2D eigenvalue weighted by atomic mass is 9.85. The first kappa shape index (κ1) is 37.5. The summed E-state index contributed by atoms with van der Waals surface area (Å²) in [6.07, 6.45) is -7.64. The Labute approximate surface area is 271 Å². The molecule has 0 aliphatic carbocycles. The van der Waals surface area contributed by atoms with E-state index in [1.165, 1.54) is 35.8 Å². The minimum Gasteiger partial charge on any atom is -0.444 e. The molecule has 0 radical (unpaired) electrons. The van der Waals surface area contributed by atoms with E-state index < -0.39 is 82.9 Å². The van der Waals surface area contributed by atoms with Crippen molar-refractivity contribution in [3.05, 3.63) is 35.4 Å². The van der Waals surface area contributed by atoms with Gasteiger partial charge in [0, 0.05) is 19.5 Å². The highest BCUT2D eigenvalue weighted by Gasteiger charge is 2.53. The van der Waals surface area contributed by atoms with Crippen LogP contribution in [-0.4, -0.2) is 104 Å². The molecule has 0 bridgehead atoms. The molecule has 2 aliphatic heterocycles. The third kappa shape index (κ3) is 8.91. The molecule has 2 fully saturated rings. The van der Waals surface area contributed by atoms with Crippen LogP contribution in [0.3, 0.4) is 0 Å². The van der Waals surface area contributed by atoms with Crippen molar-refractivity contribution in [3.63, 3.8) is 0 Å². The Morgan fingerprint density at radius 2 is 1.57 bits per heavy atom. The summed E-state index contributed by atoms with van der Waals surface area (Å²) in [5.74, 6) is -3.27. The van der Waals surface area contributed by atoms with Crippen molar-refractivity contribution in [2.45, 2.75) is 114 Å². The quantitative estimate of drug-likeness (QED) is 0.245. The van der Waals surface area contributed by atoms with E-state index in [0.29, 0.717) is 12.8 Å². The highest BCUT2D eigenvalue weighted by molar-refractivity contribution is 5.98. The van der Waals surface area contributed by atoms with Gasteiger partial charge in [0.2, 0.25) is 23.6 Å². The number of amides is 5. The van der Waals surface area contributed by atoms with Crippen molar-refractivity contribution >= 4 is 29.7 Å². The van der Waals surface area contributed by atoms with Gasteiger partial charge in [-0.15, -0.1) is 0 Å². The summed E-state index contributed by atoms with van der Waals surface area (Å²) in [6.45, 7) is 7.54. The molecule has 0 spiro atoms. The van der Waals surface area contributed by atoms with E-state index in [4.69, 9.17) is 10.5 Å². The highest BCUT2D eigenvalue weighted by Crippen LogP contribution is 2.37. The predicted octanol–water partition coefficient (Wildman–Crippen LogP) is 1.23. The molecule has 6 atom stereocenters. The number of carbonyl (C=O) groups is 5. The van der Waals surface area contributed by atoms with E-state index in [9.17, 15) is 47.4 Å². The number of benzene rings is 1. The van der Waals surface area contributed by atoms with E-state index in [-0.39, 0.29) is 37.9 Å². The smallest absolute Gasteiger partial charge is 0.416 e. The fourth-order valence-corrected chi connectivity index (χ4v) is 6.02. The SMILES string of the molecule is C[C@@H](O)C(NC(=O)C1(Cc2ccc(C(F)(F)F)cc2)CCCN1C(=O)[C@@H]1CCCN1C(=O)C(NC(=O)OC(C)(C)C)[C@@H](C)O)C(N)=O. The monoisotopic (exact) mass is 671 g/mol. The number of hydrogen-bond donors (Lipinski definition) is 5. The van der Waals surface area contributed by atoms with Crippen molar-refractivity contribution in [1.29, 1.82) is 0 Å². The molecular weight excluding hydrogens is 627 g/mol. The van der Waals surface area contributed by atoms with Crippen LogP contribution < -0.4 is 16.4 Å². The third-order valence-corrected chi connectivity index (χ3v) is 8.27. The molecule has 2 heterocycles. The number of hydrogen-bond acceptors (Lipinski definition) is 8. The molecular formula is C31H44F3N5O8. The number of aliphatic hydroxyl groups is 2. The third-order valence-electron chi connectivity index (χ3n) is 8.27. The minimum absolute atomic E-state index is 0.0390. The van der Waals surface area contributed by atoms with Gasteiger partial charge in [-0.3, -0.25) is 19.2 Å². The van der Waals surface area contributed by atoms with E-state index in [1.807, 2.05) is 0 Å². The first-order valence-electron chi connectivity index (χ1n) is 15.4. The molecule has 3 rings (SSSR count). The number of primary amides is 1. The van der Waals surface area contributed by atoms with Crippen LogP contribution in [0.5, 0.6) is 0 Å². The van der Waals surface area contributed by atoms with Gasteiger partial charge in [0.05, 0.1) is 17.8 Å². The standard InChI is InChI=1S/C31H44F3N5O8/c1-17(40)22(24(35)42)36-27(45)30(16-19-9-11-20(12-10-19)31(32,33)34)13-7-15-39(30)25(43)21-8-6-14-38(21)26(44)23(18(2)41)37-28(46)47-29(3,4)5/h9-12,17-18,21-23,40-41H,6-8,13-16H2,1-5H3,(H2,35,42)(H,36,45)(H,37,46)/t17-,18-,21+,22?,23?,30?/m1/s1. The van der Waals surface area contributed by atoms with E-state index >= 15 is 0 Å². The maximum atomic E-state index is 14.3. The van der Waals surface area contributed by atoms with Crippen molar-refractivity contribution in [3.8, 4) is 0 Å². The average Bonchev–Trinajstić information content (AvgIpc) is 3.60. The lowest BCUT2D eigenvalue weighted by Crippen LogP contribution is -2.65. The second-order valence-corrected chi connectivity index (χ2v) is 13.1. The number of aliphatic hydroxyl groups excluding tert-OH is 2. The van der Waals surface area contributed by atoms with Gasteiger partial charge < -0.3 is 41.1 Å². The Hall–Kier alpha value is -3.92. The Balaban J connectivity index is 1.97. The van der Waals surface area contributed by atoms with Crippen molar-refractivity contribution in [2.24, 2.45) is 5.73 Å². The maximum Gasteiger partial charge on any atom is 0.416 e. The molecule has 47 heavy (non-hydrogen) atoms. The summed E-state index contributed by atoms with van der Waals surface area (Å²) in [7, 11) is 0. The summed E-state index contributed by atoms with van der Waals surface area (Å²) in [5.41, 5.74) is 2.16. The molecule has 13 nitrogen and oxygen atoms in total. The summed E-state index contributed by atoms with van der Waals surface area (Å²) < 4.78 is 45.0. The van der Waals surface area contributed by atoms with Crippen LogP contribution in [0.2, 0.25) is 0 Å². The number of ether oxygens (including phenoxy) is 1. The molecule has 0 aromatic heterocycles. The van der Waals surface area contributed by atoms with Crippen LogP contribution in [0.25, 0.3) is 0 Å². The minimum atomic E-state index is -4.60. The first-order chi connectivity index (χ1) is 21.7. The van der Waals surface area contributed by atoms with Crippen LogP contribution in [0.4, 0.5) is 18.0 Å². The molecule has 16 heteroatoms. The fourth-order valence-electron chi connectivity index (χ4n) is 6.02. The molecule has 262 valence electrons. The lowest BCUT2D eigenvalue weighted by molar-refractivity contribution is -0.153. The Morgan fingerprint density at radius 3 is 2.09 bits per heavy atom. The molecule has 0 saturated carbocycles. The van der Waals surface area contributed by atoms with Crippen LogP contribution in [0, 0.1) is 0 Å². The van der Waals surface area contributed by atoms with Gasteiger partial charge in [0.25, 0.3) is 0 Å². The largest absolute Gasteiger partial charge is 0.444 e. The number of rotatable bonds is 10. The number of likely N-dealkylation sites (tertiary alicyclic amines) is 2. The van der Waals surface area contributed by atoms with Crippen LogP contribution in [-0.2, 0) is 36.5 Å². The van der Waals surface area contributed by atoms with Gasteiger partial charge in [-0.2, -0.15) is 13.2 Å². The van der Waals surface area contributed by atoms with Crippen molar-refractivity contribution in [1.82, 2.24) is 20.4 Å². The summed E-state index contributed by atoms with van der Waals surface area (Å²) >= 11 is 0. The van der Waals surface area contributed by atoms with Gasteiger partial charge in [-0.05, 0) is 78.0 Å². The molecule has 2 aliphatic rings. The summed E-state index contributed by atoms with van der Waals surface area (Å²) in [6, 6.07) is 0.00925. The molecule has 6 N–H and O–H groups in total. The zero-order valence-electron chi connectivity index (χ0n) is 27.1. The number of nitrogens with one attached hydrogen (secondary N) is 2. The highest BCUT2D eigenvalue weighted by atomic mass is 19.4. The lowest BCUT2D eigenvalue weighted by Gasteiger charge is -2.41. The van der Waals surface area contributed by atoms with Crippen molar-refractivity contribution in [2.75, 3.05) is 13.1 Å². The fraction of sp³-hybridized carbons (Fsp3) is 0.645. The summed E-state index contributed by atoms with van der Waals surface area (Å²) in [5, 5.41) is 25.3. The Morgan fingerprint density at radius 1 is 0.979 bits per heavy atom.